The quantitative estimate of drug-likeness (QED) is 0.874. The van der Waals surface area contributed by atoms with E-state index in [2.05, 4.69) is 11.9 Å². The molecule has 0 saturated carbocycles. The van der Waals surface area contributed by atoms with Crippen LogP contribution < -0.4 is 5.73 Å². The second-order valence-corrected chi connectivity index (χ2v) is 5.25. The second kappa shape index (κ2) is 5.29. The molecule has 0 aliphatic carbocycles. The summed E-state index contributed by atoms with van der Waals surface area (Å²) in [5.74, 6) is 0.682. The first kappa shape index (κ1) is 12.1. The van der Waals surface area contributed by atoms with Crippen LogP contribution in [-0.2, 0) is 6.42 Å². The number of hydrogen-bond donors (Lipinski definition) is 2. The van der Waals surface area contributed by atoms with Crippen LogP contribution in [0.5, 0.6) is 5.75 Å². The molecular formula is C13H16N2OS. The van der Waals surface area contributed by atoms with E-state index in [1.807, 2.05) is 24.4 Å². The number of thiazole rings is 1. The molecule has 17 heavy (non-hydrogen) atoms. The van der Waals surface area contributed by atoms with Crippen molar-refractivity contribution in [1.29, 1.82) is 0 Å². The van der Waals surface area contributed by atoms with E-state index in [-0.39, 0.29) is 0 Å². The highest BCUT2D eigenvalue weighted by molar-refractivity contribution is 7.11. The molecule has 90 valence electrons. The lowest BCUT2D eigenvalue weighted by Crippen LogP contribution is -2.07. The normalized spacial score (nSPS) is 12.6. The number of rotatable bonds is 4. The van der Waals surface area contributed by atoms with Crippen LogP contribution in [0.25, 0.3) is 0 Å². The number of aromatic nitrogens is 1. The highest BCUT2D eigenvalue weighted by Crippen LogP contribution is 2.25. The highest BCUT2D eigenvalue weighted by Gasteiger charge is 2.09. The number of aromatic hydroxyl groups is 1. The first-order valence-corrected chi connectivity index (χ1v) is 6.44. The summed E-state index contributed by atoms with van der Waals surface area (Å²) >= 11 is 1.67. The molecular weight excluding hydrogens is 232 g/mol. The fourth-order valence-corrected chi connectivity index (χ4v) is 2.58. The Bertz CT molecular complexity index is 496. The minimum atomic E-state index is 0.330. The van der Waals surface area contributed by atoms with Gasteiger partial charge in [-0.05, 0) is 12.6 Å². The summed E-state index contributed by atoms with van der Waals surface area (Å²) in [4.78, 5) is 5.58. The Morgan fingerprint density at radius 1 is 1.41 bits per heavy atom. The molecule has 1 aromatic carbocycles. The van der Waals surface area contributed by atoms with E-state index in [0.29, 0.717) is 24.6 Å². The Kier molecular flexibility index (Phi) is 3.76. The van der Waals surface area contributed by atoms with E-state index in [1.165, 1.54) is 4.88 Å². The fraction of sp³-hybridized carbons (Fsp3) is 0.308. The largest absolute Gasteiger partial charge is 0.508 e. The van der Waals surface area contributed by atoms with E-state index in [1.54, 1.807) is 17.4 Å². The average molecular weight is 248 g/mol. The van der Waals surface area contributed by atoms with Crippen molar-refractivity contribution in [3.8, 4) is 5.75 Å². The molecule has 0 spiro atoms. The number of phenols is 1. The van der Waals surface area contributed by atoms with Gasteiger partial charge < -0.3 is 10.8 Å². The van der Waals surface area contributed by atoms with Crippen molar-refractivity contribution in [2.45, 2.75) is 19.3 Å². The number of nitrogens with zero attached hydrogens (tertiary/aromatic N) is 1. The van der Waals surface area contributed by atoms with Gasteiger partial charge in [0.05, 0.1) is 5.01 Å². The zero-order chi connectivity index (χ0) is 12.3. The molecule has 0 saturated heterocycles. The Hall–Kier alpha value is -1.39. The Balaban J connectivity index is 2.14. The van der Waals surface area contributed by atoms with Gasteiger partial charge in [-0.25, -0.2) is 4.98 Å². The first-order chi connectivity index (χ1) is 8.20. The average Bonchev–Trinajstić information content (AvgIpc) is 2.80. The highest BCUT2D eigenvalue weighted by atomic mass is 32.1. The topological polar surface area (TPSA) is 59.1 Å². The summed E-state index contributed by atoms with van der Waals surface area (Å²) in [7, 11) is 0. The van der Waals surface area contributed by atoms with E-state index in [9.17, 15) is 5.11 Å². The van der Waals surface area contributed by atoms with Crippen molar-refractivity contribution in [3.05, 3.63) is 45.9 Å². The summed E-state index contributed by atoms with van der Waals surface area (Å²) in [5, 5.41) is 10.7. The van der Waals surface area contributed by atoms with Crippen LogP contribution in [0.15, 0.2) is 30.5 Å². The van der Waals surface area contributed by atoms with Crippen LogP contribution in [0.4, 0.5) is 0 Å². The maximum Gasteiger partial charge on any atom is 0.119 e. The van der Waals surface area contributed by atoms with Crippen molar-refractivity contribution in [2.75, 3.05) is 6.54 Å². The SMILES string of the molecule is CC(CN)c1cnc(Cc2ccccc2O)s1. The van der Waals surface area contributed by atoms with Crippen LogP contribution >= 0.6 is 11.3 Å². The van der Waals surface area contributed by atoms with Gasteiger partial charge in [0.15, 0.2) is 0 Å². The predicted molar refractivity (Wildman–Crippen MR) is 70.5 cm³/mol. The van der Waals surface area contributed by atoms with Crippen molar-refractivity contribution in [1.82, 2.24) is 4.98 Å². The third-order valence-electron chi connectivity index (χ3n) is 2.74. The van der Waals surface area contributed by atoms with Gasteiger partial charge in [-0.2, -0.15) is 0 Å². The van der Waals surface area contributed by atoms with E-state index >= 15 is 0 Å². The van der Waals surface area contributed by atoms with Gasteiger partial charge in [-0.15, -0.1) is 11.3 Å². The number of para-hydroxylation sites is 1. The third kappa shape index (κ3) is 2.84. The summed E-state index contributed by atoms with van der Waals surface area (Å²) in [5.41, 5.74) is 6.54. The first-order valence-electron chi connectivity index (χ1n) is 5.62. The minimum Gasteiger partial charge on any atom is -0.508 e. The van der Waals surface area contributed by atoms with Gasteiger partial charge in [0.2, 0.25) is 0 Å². The number of benzene rings is 1. The smallest absolute Gasteiger partial charge is 0.119 e. The monoisotopic (exact) mass is 248 g/mol. The van der Waals surface area contributed by atoms with Crippen LogP contribution in [0.3, 0.4) is 0 Å². The molecule has 1 unspecified atom stereocenters. The zero-order valence-electron chi connectivity index (χ0n) is 9.76. The van der Waals surface area contributed by atoms with Crippen molar-refractivity contribution < 1.29 is 5.11 Å². The molecule has 1 atom stereocenters. The fourth-order valence-electron chi connectivity index (χ4n) is 1.57. The lowest BCUT2D eigenvalue weighted by atomic mass is 10.1. The summed E-state index contributed by atoms with van der Waals surface area (Å²) in [6.45, 7) is 2.73. The molecule has 0 amide bonds. The number of nitrogens with two attached hydrogens (primary N) is 1. The summed E-state index contributed by atoms with van der Waals surface area (Å²) in [6.07, 6.45) is 2.56. The van der Waals surface area contributed by atoms with Gasteiger partial charge in [0, 0.05) is 29.0 Å². The lowest BCUT2D eigenvalue weighted by molar-refractivity contribution is 0.469. The van der Waals surface area contributed by atoms with Gasteiger partial charge in [0.1, 0.15) is 5.75 Å². The standard InChI is InChI=1S/C13H16N2OS/c1-9(7-14)12-8-15-13(17-12)6-10-4-2-3-5-11(10)16/h2-5,8-9,16H,6-7,14H2,1H3. The van der Waals surface area contributed by atoms with Gasteiger partial charge in [-0.3, -0.25) is 0 Å². The van der Waals surface area contributed by atoms with Crippen molar-refractivity contribution in [2.24, 2.45) is 5.73 Å². The Morgan fingerprint density at radius 3 is 2.88 bits per heavy atom. The molecule has 3 nitrogen and oxygen atoms in total. The van der Waals surface area contributed by atoms with Crippen LogP contribution in [0.2, 0.25) is 0 Å². The predicted octanol–water partition coefficient (Wildman–Crippen LogP) is 2.50. The molecule has 4 heteroatoms. The van der Waals surface area contributed by atoms with Crippen LogP contribution in [0.1, 0.15) is 28.3 Å². The molecule has 0 bridgehead atoms. The molecule has 0 radical (unpaired) electrons. The van der Waals surface area contributed by atoms with Crippen molar-refractivity contribution >= 4 is 11.3 Å². The minimum absolute atomic E-state index is 0.330. The van der Waals surface area contributed by atoms with E-state index in [0.717, 1.165) is 10.6 Å². The van der Waals surface area contributed by atoms with E-state index < -0.39 is 0 Å². The molecule has 2 rings (SSSR count). The molecule has 0 aliphatic rings. The lowest BCUT2D eigenvalue weighted by Gasteiger charge is -2.03. The number of hydrogen-bond acceptors (Lipinski definition) is 4. The van der Waals surface area contributed by atoms with Crippen LogP contribution in [0, 0.1) is 0 Å². The van der Waals surface area contributed by atoms with E-state index in [4.69, 9.17) is 5.73 Å². The molecule has 2 aromatic rings. The van der Waals surface area contributed by atoms with Crippen molar-refractivity contribution in [3.63, 3.8) is 0 Å². The summed E-state index contributed by atoms with van der Waals surface area (Å²) in [6, 6.07) is 7.36. The second-order valence-electron chi connectivity index (χ2n) is 4.10. The molecule has 0 fully saturated rings. The summed E-state index contributed by atoms with van der Waals surface area (Å²) < 4.78 is 0. The number of phenolic OH excluding ortho intramolecular Hbond substituents is 1. The maximum atomic E-state index is 9.69. The van der Waals surface area contributed by atoms with Crippen LogP contribution in [-0.4, -0.2) is 16.6 Å². The Morgan fingerprint density at radius 2 is 2.18 bits per heavy atom. The zero-order valence-corrected chi connectivity index (χ0v) is 10.6. The third-order valence-corrected chi connectivity index (χ3v) is 3.97. The van der Waals surface area contributed by atoms with Gasteiger partial charge in [0.25, 0.3) is 0 Å². The molecule has 1 aromatic heterocycles. The molecule has 3 N–H and O–H groups in total. The maximum absolute atomic E-state index is 9.69. The molecule has 0 aliphatic heterocycles. The van der Waals surface area contributed by atoms with Gasteiger partial charge >= 0.3 is 0 Å². The Labute approximate surface area is 105 Å². The van der Waals surface area contributed by atoms with Gasteiger partial charge in [-0.1, -0.05) is 25.1 Å². The molecule has 1 heterocycles.